The maximum atomic E-state index is 13.5. The average Bonchev–Trinajstić information content (AvgIpc) is 3.21. The second-order valence-corrected chi connectivity index (χ2v) is 5.97. The molecule has 4 nitrogen and oxygen atoms in total. The molecule has 4 rings (SSSR count). The molecule has 1 amide bonds. The van der Waals surface area contributed by atoms with Crippen LogP contribution in [-0.4, -0.2) is 27.3 Å². The molecule has 6 heteroatoms. The largest absolute Gasteiger partial charge is 0.346 e. The molecule has 2 aromatic heterocycles. The summed E-state index contributed by atoms with van der Waals surface area (Å²) in [4.78, 5) is 21.8. The first-order valence-corrected chi connectivity index (χ1v) is 7.83. The van der Waals surface area contributed by atoms with Gasteiger partial charge in [0.15, 0.2) is 0 Å². The summed E-state index contributed by atoms with van der Waals surface area (Å²) in [5, 5.41) is 0.928. The van der Waals surface area contributed by atoms with Crippen molar-refractivity contribution >= 4 is 16.9 Å². The van der Waals surface area contributed by atoms with Crippen LogP contribution in [0, 0.1) is 11.6 Å². The van der Waals surface area contributed by atoms with Crippen molar-refractivity contribution in [2.24, 2.45) is 0 Å². The molecule has 0 saturated carbocycles. The first-order valence-electron chi connectivity index (χ1n) is 7.83. The predicted molar refractivity (Wildman–Crippen MR) is 85.5 cm³/mol. The topological polar surface area (TPSA) is 49.0 Å². The van der Waals surface area contributed by atoms with E-state index in [2.05, 4.69) is 9.97 Å². The maximum Gasteiger partial charge on any atom is 0.273 e. The van der Waals surface area contributed by atoms with Gasteiger partial charge in [-0.05, 0) is 48.7 Å². The second kappa shape index (κ2) is 5.70. The quantitative estimate of drug-likeness (QED) is 0.778. The Morgan fingerprint density at radius 2 is 1.96 bits per heavy atom. The molecule has 3 aromatic rings. The summed E-state index contributed by atoms with van der Waals surface area (Å²) in [5.41, 5.74) is 1.46. The summed E-state index contributed by atoms with van der Waals surface area (Å²) in [6.07, 6.45) is 3.23. The molecule has 0 aliphatic carbocycles. The van der Waals surface area contributed by atoms with Gasteiger partial charge in [-0.25, -0.2) is 13.8 Å². The SMILES string of the molecule is O=C(c1ccc2cc[nH]c2n1)N1CCCC1c1cc(F)cc(F)c1. The smallest absolute Gasteiger partial charge is 0.273 e. The number of benzene rings is 1. The van der Waals surface area contributed by atoms with E-state index in [1.165, 1.54) is 12.1 Å². The molecule has 1 fully saturated rings. The van der Waals surface area contributed by atoms with Gasteiger partial charge in [0.2, 0.25) is 0 Å². The van der Waals surface area contributed by atoms with Crippen LogP contribution in [0.2, 0.25) is 0 Å². The molecule has 1 saturated heterocycles. The van der Waals surface area contributed by atoms with Crippen LogP contribution in [0.3, 0.4) is 0 Å². The number of fused-ring (bicyclic) bond motifs is 1. The molecule has 1 unspecified atom stereocenters. The van der Waals surface area contributed by atoms with Crippen molar-refractivity contribution in [2.45, 2.75) is 18.9 Å². The summed E-state index contributed by atoms with van der Waals surface area (Å²) < 4.78 is 27.0. The number of halogens is 2. The van der Waals surface area contributed by atoms with Crippen molar-refractivity contribution < 1.29 is 13.6 Å². The van der Waals surface area contributed by atoms with Crippen LogP contribution in [0.25, 0.3) is 11.0 Å². The number of rotatable bonds is 2. The highest BCUT2D eigenvalue weighted by Gasteiger charge is 2.31. The molecule has 24 heavy (non-hydrogen) atoms. The molecular weight excluding hydrogens is 312 g/mol. The summed E-state index contributed by atoms with van der Waals surface area (Å²) in [7, 11) is 0. The van der Waals surface area contributed by atoms with E-state index in [1.54, 1.807) is 17.2 Å². The number of pyridine rings is 1. The minimum absolute atomic E-state index is 0.223. The summed E-state index contributed by atoms with van der Waals surface area (Å²) >= 11 is 0. The molecule has 0 bridgehead atoms. The fourth-order valence-corrected chi connectivity index (χ4v) is 3.32. The number of aromatic nitrogens is 2. The van der Waals surface area contributed by atoms with Gasteiger partial charge in [0.25, 0.3) is 5.91 Å². The highest BCUT2D eigenvalue weighted by molar-refractivity contribution is 5.94. The second-order valence-electron chi connectivity index (χ2n) is 5.97. The van der Waals surface area contributed by atoms with Crippen LogP contribution in [0.15, 0.2) is 42.6 Å². The van der Waals surface area contributed by atoms with Crippen LogP contribution < -0.4 is 0 Å². The van der Waals surface area contributed by atoms with Gasteiger partial charge in [0.1, 0.15) is 23.0 Å². The van der Waals surface area contributed by atoms with Crippen molar-refractivity contribution in [3.05, 3.63) is 65.5 Å². The van der Waals surface area contributed by atoms with Crippen LogP contribution in [-0.2, 0) is 0 Å². The van der Waals surface area contributed by atoms with Gasteiger partial charge in [0, 0.05) is 24.2 Å². The lowest BCUT2D eigenvalue weighted by Gasteiger charge is -2.25. The third kappa shape index (κ3) is 2.54. The van der Waals surface area contributed by atoms with Crippen LogP contribution in [0.5, 0.6) is 0 Å². The van der Waals surface area contributed by atoms with Gasteiger partial charge in [-0.3, -0.25) is 4.79 Å². The van der Waals surface area contributed by atoms with Crippen molar-refractivity contribution in [2.75, 3.05) is 6.54 Å². The summed E-state index contributed by atoms with van der Waals surface area (Å²) in [6.45, 7) is 0.548. The monoisotopic (exact) mass is 327 g/mol. The Morgan fingerprint density at radius 3 is 2.75 bits per heavy atom. The Kier molecular flexibility index (Phi) is 3.52. The highest BCUT2D eigenvalue weighted by Crippen LogP contribution is 2.33. The Morgan fingerprint density at radius 1 is 1.17 bits per heavy atom. The van der Waals surface area contributed by atoms with E-state index >= 15 is 0 Å². The lowest BCUT2D eigenvalue weighted by atomic mass is 10.0. The van der Waals surface area contributed by atoms with Gasteiger partial charge in [-0.1, -0.05) is 0 Å². The number of carbonyl (C=O) groups is 1. The Hall–Kier alpha value is -2.76. The molecule has 1 atom stereocenters. The zero-order chi connectivity index (χ0) is 16.7. The van der Waals surface area contributed by atoms with E-state index < -0.39 is 11.6 Å². The van der Waals surface area contributed by atoms with Gasteiger partial charge in [-0.2, -0.15) is 0 Å². The van der Waals surface area contributed by atoms with Crippen LogP contribution in [0.4, 0.5) is 8.78 Å². The van der Waals surface area contributed by atoms with Crippen molar-refractivity contribution in [1.82, 2.24) is 14.9 Å². The van der Waals surface area contributed by atoms with E-state index in [-0.39, 0.29) is 11.9 Å². The lowest BCUT2D eigenvalue weighted by molar-refractivity contribution is 0.0729. The minimum Gasteiger partial charge on any atom is -0.346 e. The Bertz CT molecular complexity index is 901. The summed E-state index contributed by atoms with van der Waals surface area (Å²) in [6, 6.07) is 8.49. The number of aromatic amines is 1. The van der Waals surface area contributed by atoms with Gasteiger partial charge >= 0.3 is 0 Å². The van der Waals surface area contributed by atoms with E-state index in [0.29, 0.717) is 29.9 Å². The van der Waals surface area contributed by atoms with Gasteiger partial charge < -0.3 is 9.88 Å². The van der Waals surface area contributed by atoms with Crippen molar-refractivity contribution in [1.29, 1.82) is 0 Å². The normalized spacial score (nSPS) is 17.6. The number of carbonyl (C=O) groups excluding carboxylic acids is 1. The van der Waals surface area contributed by atoms with Gasteiger partial charge in [0.05, 0.1) is 6.04 Å². The Labute approximate surface area is 137 Å². The number of H-pyrrole nitrogens is 1. The zero-order valence-electron chi connectivity index (χ0n) is 12.8. The van der Waals surface area contributed by atoms with E-state index in [0.717, 1.165) is 17.9 Å². The molecule has 0 radical (unpaired) electrons. The minimum atomic E-state index is -0.629. The fourth-order valence-electron chi connectivity index (χ4n) is 3.32. The van der Waals surface area contributed by atoms with Gasteiger partial charge in [-0.15, -0.1) is 0 Å². The van der Waals surface area contributed by atoms with E-state index in [4.69, 9.17) is 0 Å². The molecule has 1 aromatic carbocycles. The number of amides is 1. The highest BCUT2D eigenvalue weighted by atomic mass is 19.1. The van der Waals surface area contributed by atoms with Crippen LogP contribution >= 0.6 is 0 Å². The molecule has 0 spiro atoms. The lowest BCUT2D eigenvalue weighted by Crippen LogP contribution is -2.31. The maximum absolute atomic E-state index is 13.5. The number of nitrogens with one attached hydrogen (secondary N) is 1. The first kappa shape index (κ1) is 14.8. The third-order valence-electron chi connectivity index (χ3n) is 4.41. The van der Waals surface area contributed by atoms with Crippen LogP contribution in [0.1, 0.15) is 34.9 Å². The molecule has 1 aliphatic heterocycles. The summed E-state index contributed by atoms with van der Waals surface area (Å²) in [5.74, 6) is -1.48. The molecule has 3 heterocycles. The molecule has 1 aliphatic rings. The molecular formula is C18H15F2N3O. The van der Waals surface area contributed by atoms with Crippen molar-refractivity contribution in [3.63, 3.8) is 0 Å². The number of hydrogen-bond acceptors (Lipinski definition) is 2. The number of likely N-dealkylation sites (tertiary alicyclic amines) is 1. The predicted octanol–water partition coefficient (Wildman–Crippen LogP) is 3.82. The fraction of sp³-hybridized carbons (Fsp3) is 0.222. The van der Waals surface area contributed by atoms with Crippen molar-refractivity contribution in [3.8, 4) is 0 Å². The van der Waals surface area contributed by atoms with E-state index in [1.807, 2.05) is 12.1 Å². The first-order chi connectivity index (χ1) is 11.6. The molecule has 1 N–H and O–H groups in total. The third-order valence-corrected chi connectivity index (χ3v) is 4.41. The number of nitrogens with zero attached hydrogens (tertiary/aromatic N) is 2. The average molecular weight is 327 g/mol. The van der Waals surface area contributed by atoms with E-state index in [9.17, 15) is 13.6 Å². The molecule has 122 valence electrons. The number of hydrogen-bond donors (Lipinski definition) is 1. The zero-order valence-corrected chi connectivity index (χ0v) is 12.8. The standard InChI is InChI=1S/C18H15F2N3O/c19-13-8-12(9-14(20)10-13)16-2-1-7-23(16)18(24)15-4-3-11-5-6-21-17(11)22-15/h3-6,8-10,16H,1-2,7H2,(H,21,22). The Balaban J connectivity index is 1.67.